The highest BCUT2D eigenvalue weighted by molar-refractivity contribution is 7.99. The summed E-state index contributed by atoms with van der Waals surface area (Å²) in [6.07, 6.45) is 0.139. The second-order valence-electron chi connectivity index (χ2n) is 6.44. The zero-order chi connectivity index (χ0) is 19.1. The van der Waals surface area contributed by atoms with Gasteiger partial charge in [0, 0.05) is 22.6 Å². The molecule has 0 saturated heterocycles. The number of ether oxygens (including phenoxy) is 1. The molecule has 0 heterocycles. The first-order valence-electron chi connectivity index (χ1n) is 9.29. The number of hydrogen-bond acceptors (Lipinski definition) is 3. The third kappa shape index (κ3) is 5.27. The number of fused-ring (bicyclic) bond motifs is 1. The Kier molecular flexibility index (Phi) is 6.77. The van der Waals surface area contributed by atoms with Crippen LogP contribution in [0, 0.1) is 6.92 Å². The van der Waals surface area contributed by atoms with Gasteiger partial charge in [-0.25, -0.2) is 0 Å². The number of amides is 1. The third-order valence-electron chi connectivity index (χ3n) is 4.37. The zero-order valence-corrected chi connectivity index (χ0v) is 16.6. The monoisotopic (exact) mass is 379 g/mol. The summed E-state index contributed by atoms with van der Waals surface area (Å²) in [5, 5.41) is 5.14. The smallest absolute Gasteiger partial charge is 0.261 e. The van der Waals surface area contributed by atoms with Crippen molar-refractivity contribution in [1.82, 2.24) is 5.32 Å². The molecule has 0 bridgehead atoms. The Bertz CT molecular complexity index is 887. The quantitative estimate of drug-likeness (QED) is 0.431. The molecular formula is C23H25NO2S. The maximum atomic E-state index is 12.5. The maximum absolute atomic E-state index is 12.5. The Balaban J connectivity index is 1.53. The molecular weight excluding hydrogens is 354 g/mol. The van der Waals surface area contributed by atoms with E-state index in [2.05, 4.69) is 36.5 Å². The number of nitrogens with one attached hydrogen (secondary N) is 1. The molecule has 3 aromatic carbocycles. The second kappa shape index (κ2) is 9.47. The van der Waals surface area contributed by atoms with Crippen LogP contribution in [0.15, 0.2) is 71.6 Å². The van der Waals surface area contributed by atoms with Gasteiger partial charge in [-0.2, -0.15) is 0 Å². The van der Waals surface area contributed by atoms with Crippen molar-refractivity contribution >= 4 is 28.4 Å². The summed E-state index contributed by atoms with van der Waals surface area (Å²) in [4.78, 5) is 13.7. The minimum Gasteiger partial charge on any atom is -0.480 e. The fourth-order valence-corrected chi connectivity index (χ4v) is 3.63. The molecule has 1 N–H and O–H groups in total. The molecule has 0 aliphatic rings. The fourth-order valence-electron chi connectivity index (χ4n) is 2.87. The molecule has 0 saturated carbocycles. The van der Waals surface area contributed by atoms with Gasteiger partial charge in [0.05, 0.1) is 0 Å². The van der Waals surface area contributed by atoms with Crippen LogP contribution in [0.1, 0.15) is 18.9 Å². The molecule has 0 radical (unpaired) electrons. The minimum atomic E-state index is -0.486. The molecule has 140 valence electrons. The van der Waals surface area contributed by atoms with E-state index in [1.54, 1.807) is 11.8 Å². The highest BCUT2D eigenvalue weighted by atomic mass is 32.2. The number of rotatable bonds is 8. The van der Waals surface area contributed by atoms with Gasteiger partial charge in [0.2, 0.25) is 0 Å². The summed E-state index contributed by atoms with van der Waals surface area (Å²) in [6, 6.07) is 22.4. The van der Waals surface area contributed by atoms with Gasteiger partial charge in [-0.05, 0) is 36.9 Å². The molecule has 3 aromatic rings. The third-order valence-corrected chi connectivity index (χ3v) is 5.39. The Morgan fingerprint density at radius 2 is 1.78 bits per heavy atom. The minimum absolute atomic E-state index is 0.0602. The SMILES string of the molecule is CC[C@@H](Oc1cccc2ccccc12)C(=O)NCCSc1ccc(C)cc1. The van der Waals surface area contributed by atoms with E-state index in [9.17, 15) is 4.79 Å². The first kappa shape index (κ1) is 19.3. The van der Waals surface area contributed by atoms with Crippen molar-refractivity contribution < 1.29 is 9.53 Å². The van der Waals surface area contributed by atoms with E-state index in [1.165, 1.54) is 10.5 Å². The van der Waals surface area contributed by atoms with Crippen molar-refractivity contribution in [3.05, 3.63) is 72.3 Å². The van der Waals surface area contributed by atoms with Gasteiger partial charge in [-0.1, -0.05) is 61.0 Å². The molecule has 0 fully saturated rings. The molecule has 0 unspecified atom stereocenters. The predicted molar refractivity (Wildman–Crippen MR) is 114 cm³/mol. The molecule has 27 heavy (non-hydrogen) atoms. The van der Waals surface area contributed by atoms with Gasteiger partial charge in [-0.15, -0.1) is 11.8 Å². The number of aryl methyl sites for hydroxylation is 1. The van der Waals surface area contributed by atoms with Crippen molar-refractivity contribution in [3.8, 4) is 5.75 Å². The highest BCUT2D eigenvalue weighted by Crippen LogP contribution is 2.26. The number of hydrogen-bond donors (Lipinski definition) is 1. The van der Waals surface area contributed by atoms with Crippen LogP contribution in [0.2, 0.25) is 0 Å². The molecule has 4 heteroatoms. The van der Waals surface area contributed by atoms with Gasteiger partial charge in [0.15, 0.2) is 6.10 Å². The molecule has 3 nitrogen and oxygen atoms in total. The second-order valence-corrected chi connectivity index (χ2v) is 7.61. The lowest BCUT2D eigenvalue weighted by molar-refractivity contribution is -0.127. The lowest BCUT2D eigenvalue weighted by Crippen LogP contribution is -2.39. The zero-order valence-electron chi connectivity index (χ0n) is 15.8. The summed E-state index contributed by atoms with van der Waals surface area (Å²) < 4.78 is 6.05. The largest absolute Gasteiger partial charge is 0.480 e. The molecule has 0 aliphatic carbocycles. The van der Waals surface area contributed by atoms with Crippen molar-refractivity contribution in [3.63, 3.8) is 0 Å². The van der Waals surface area contributed by atoms with Crippen molar-refractivity contribution in [2.45, 2.75) is 31.3 Å². The normalized spacial score (nSPS) is 11.9. The average Bonchev–Trinajstić information content (AvgIpc) is 2.70. The van der Waals surface area contributed by atoms with Gasteiger partial charge < -0.3 is 10.1 Å². The average molecular weight is 380 g/mol. The Labute approximate surface area is 165 Å². The van der Waals surface area contributed by atoms with Crippen molar-refractivity contribution in [2.24, 2.45) is 0 Å². The predicted octanol–water partition coefficient (Wildman–Crippen LogP) is 5.21. The van der Waals surface area contributed by atoms with E-state index in [1.807, 2.05) is 49.4 Å². The van der Waals surface area contributed by atoms with E-state index in [0.29, 0.717) is 13.0 Å². The highest BCUT2D eigenvalue weighted by Gasteiger charge is 2.18. The lowest BCUT2D eigenvalue weighted by atomic mass is 10.1. The lowest BCUT2D eigenvalue weighted by Gasteiger charge is -2.18. The van der Waals surface area contributed by atoms with E-state index in [0.717, 1.165) is 22.3 Å². The Morgan fingerprint density at radius 1 is 1.04 bits per heavy atom. The van der Waals surface area contributed by atoms with Crippen LogP contribution in [0.3, 0.4) is 0 Å². The summed E-state index contributed by atoms with van der Waals surface area (Å²) in [5.41, 5.74) is 1.25. The summed E-state index contributed by atoms with van der Waals surface area (Å²) in [6.45, 7) is 4.67. The van der Waals surface area contributed by atoms with Gasteiger partial charge in [0.25, 0.3) is 5.91 Å². The van der Waals surface area contributed by atoms with Crippen LogP contribution in [0.4, 0.5) is 0 Å². The Morgan fingerprint density at radius 3 is 2.56 bits per heavy atom. The number of benzene rings is 3. The topological polar surface area (TPSA) is 38.3 Å². The molecule has 1 atom stereocenters. The van der Waals surface area contributed by atoms with Crippen LogP contribution in [0.5, 0.6) is 5.75 Å². The van der Waals surface area contributed by atoms with Crippen LogP contribution < -0.4 is 10.1 Å². The van der Waals surface area contributed by atoms with E-state index in [-0.39, 0.29) is 5.91 Å². The number of carbonyl (C=O) groups is 1. The van der Waals surface area contributed by atoms with E-state index < -0.39 is 6.10 Å². The number of thioether (sulfide) groups is 1. The maximum Gasteiger partial charge on any atom is 0.261 e. The molecule has 0 spiro atoms. The standard InChI is InChI=1S/C23H25NO2S/c1-3-21(26-22-10-6-8-18-7-4-5-9-20(18)22)23(25)24-15-16-27-19-13-11-17(2)12-14-19/h4-14,21H,3,15-16H2,1-2H3,(H,24,25)/t21-/m1/s1. The van der Waals surface area contributed by atoms with Gasteiger partial charge in [0.1, 0.15) is 5.75 Å². The molecule has 3 rings (SSSR count). The van der Waals surface area contributed by atoms with Crippen LogP contribution in [-0.4, -0.2) is 24.3 Å². The van der Waals surface area contributed by atoms with Crippen LogP contribution in [-0.2, 0) is 4.79 Å². The van der Waals surface area contributed by atoms with E-state index >= 15 is 0 Å². The fraction of sp³-hybridized carbons (Fsp3) is 0.261. The van der Waals surface area contributed by atoms with Crippen LogP contribution >= 0.6 is 11.8 Å². The van der Waals surface area contributed by atoms with Gasteiger partial charge in [-0.3, -0.25) is 4.79 Å². The van der Waals surface area contributed by atoms with Crippen LogP contribution in [0.25, 0.3) is 10.8 Å². The first-order chi connectivity index (χ1) is 13.2. The Hall–Kier alpha value is -2.46. The summed E-state index contributed by atoms with van der Waals surface area (Å²) >= 11 is 1.74. The summed E-state index contributed by atoms with van der Waals surface area (Å²) in [7, 11) is 0. The number of carbonyl (C=O) groups excluding carboxylic acids is 1. The molecule has 1 amide bonds. The van der Waals surface area contributed by atoms with Crippen molar-refractivity contribution in [2.75, 3.05) is 12.3 Å². The molecule has 0 aromatic heterocycles. The first-order valence-corrected chi connectivity index (χ1v) is 10.3. The molecule has 0 aliphatic heterocycles. The van der Waals surface area contributed by atoms with Crippen molar-refractivity contribution in [1.29, 1.82) is 0 Å². The summed E-state index contributed by atoms with van der Waals surface area (Å²) in [5.74, 6) is 1.53. The van der Waals surface area contributed by atoms with E-state index in [4.69, 9.17) is 4.74 Å². The van der Waals surface area contributed by atoms with Gasteiger partial charge >= 0.3 is 0 Å².